The van der Waals surface area contributed by atoms with Crippen LogP contribution in [0.4, 0.5) is 4.79 Å². The summed E-state index contributed by atoms with van der Waals surface area (Å²) in [4.78, 5) is 14.6. The third-order valence-corrected chi connectivity index (χ3v) is 5.11. The number of hydrogen-bond acceptors (Lipinski definition) is 3. The van der Waals surface area contributed by atoms with Gasteiger partial charge in [-0.05, 0) is 70.8 Å². The lowest BCUT2D eigenvalue weighted by Gasteiger charge is -2.42. The Morgan fingerprint density at radius 2 is 2.09 bits per heavy atom. The van der Waals surface area contributed by atoms with Crippen molar-refractivity contribution in [1.29, 1.82) is 0 Å². The standard InChI is InChI=1S/C18H29N3O2/c1-18(2,3)23-17(22)21-10-6-5-7-15(21)13-8-9-14-12-19-20(4)16(14)11-13/h12-13,15H,5-11H2,1-4H3/t13-,15+/m1/s1. The molecule has 0 spiro atoms. The van der Waals surface area contributed by atoms with E-state index in [1.165, 1.54) is 17.7 Å². The molecule has 0 bridgehead atoms. The summed E-state index contributed by atoms with van der Waals surface area (Å²) < 4.78 is 7.65. The van der Waals surface area contributed by atoms with Crippen LogP contribution in [0.25, 0.3) is 0 Å². The van der Waals surface area contributed by atoms with Crippen molar-refractivity contribution in [2.45, 2.75) is 70.9 Å². The normalized spacial score (nSPS) is 25.1. The molecule has 1 aliphatic carbocycles. The summed E-state index contributed by atoms with van der Waals surface area (Å²) in [6.07, 6.45) is 8.48. The first kappa shape index (κ1) is 16.3. The van der Waals surface area contributed by atoms with Gasteiger partial charge in [0.25, 0.3) is 0 Å². The van der Waals surface area contributed by atoms with Crippen LogP contribution in [0.3, 0.4) is 0 Å². The summed E-state index contributed by atoms with van der Waals surface area (Å²) in [5, 5.41) is 4.39. The van der Waals surface area contributed by atoms with Gasteiger partial charge in [0, 0.05) is 25.3 Å². The van der Waals surface area contributed by atoms with E-state index in [0.29, 0.717) is 12.0 Å². The highest BCUT2D eigenvalue weighted by Crippen LogP contribution is 2.34. The van der Waals surface area contributed by atoms with Gasteiger partial charge in [-0.15, -0.1) is 0 Å². The molecule has 2 heterocycles. The van der Waals surface area contributed by atoms with Crippen molar-refractivity contribution in [3.8, 4) is 0 Å². The molecule has 0 unspecified atom stereocenters. The van der Waals surface area contributed by atoms with Gasteiger partial charge < -0.3 is 9.64 Å². The zero-order chi connectivity index (χ0) is 16.6. The van der Waals surface area contributed by atoms with Gasteiger partial charge >= 0.3 is 6.09 Å². The molecular weight excluding hydrogens is 290 g/mol. The van der Waals surface area contributed by atoms with Crippen molar-refractivity contribution in [3.05, 3.63) is 17.5 Å². The lowest BCUT2D eigenvalue weighted by atomic mass is 9.79. The van der Waals surface area contributed by atoms with Gasteiger partial charge in [0.1, 0.15) is 5.60 Å². The SMILES string of the molecule is Cn1ncc2c1C[C@H]([C@@H]1CCCCN1C(=O)OC(C)(C)C)CC2. The highest BCUT2D eigenvalue weighted by atomic mass is 16.6. The van der Waals surface area contributed by atoms with Gasteiger partial charge in [-0.25, -0.2) is 4.79 Å². The number of hydrogen-bond donors (Lipinski definition) is 0. The fourth-order valence-corrected chi connectivity index (χ4v) is 3.99. The predicted octanol–water partition coefficient (Wildman–Crippen LogP) is 3.31. The number of rotatable bonds is 1. The second-order valence-corrected chi connectivity index (χ2v) is 7.98. The van der Waals surface area contributed by atoms with Gasteiger partial charge in [0.2, 0.25) is 0 Å². The molecule has 2 aliphatic rings. The minimum absolute atomic E-state index is 0.141. The van der Waals surface area contributed by atoms with Crippen LogP contribution in [-0.2, 0) is 24.6 Å². The smallest absolute Gasteiger partial charge is 0.410 e. The van der Waals surface area contributed by atoms with E-state index in [-0.39, 0.29) is 6.09 Å². The zero-order valence-electron chi connectivity index (χ0n) is 14.8. The number of fused-ring (bicyclic) bond motifs is 1. The van der Waals surface area contributed by atoms with Crippen molar-refractivity contribution in [2.75, 3.05) is 6.54 Å². The summed E-state index contributed by atoms with van der Waals surface area (Å²) in [5.41, 5.74) is 2.29. The molecular formula is C18H29N3O2. The van der Waals surface area contributed by atoms with Gasteiger partial charge in [0.05, 0.1) is 6.20 Å². The third-order valence-electron chi connectivity index (χ3n) is 5.11. The number of nitrogens with zero attached hydrogens (tertiary/aromatic N) is 3. The molecule has 1 amide bonds. The number of carbonyl (C=O) groups excluding carboxylic acids is 1. The van der Waals surface area contributed by atoms with Crippen LogP contribution < -0.4 is 0 Å². The highest BCUT2D eigenvalue weighted by molar-refractivity contribution is 5.68. The largest absolute Gasteiger partial charge is 0.444 e. The van der Waals surface area contributed by atoms with E-state index in [1.807, 2.05) is 43.6 Å². The molecule has 3 rings (SSSR count). The summed E-state index contributed by atoms with van der Waals surface area (Å²) >= 11 is 0. The van der Waals surface area contributed by atoms with Crippen LogP contribution in [0.1, 0.15) is 57.7 Å². The van der Waals surface area contributed by atoms with Gasteiger partial charge in [-0.1, -0.05) is 0 Å². The Morgan fingerprint density at radius 1 is 1.30 bits per heavy atom. The van der Waals surface area contributed by atoms with E-state index in [4.69, 9.17) is 4.74 Å². The molecule has 5 nitrogen and oxygen atoms in total. The molecule has 1 aliphatic heterocycles. The van der Waals surface area contributed by atoms with Crippen molar-refractivity contribution >= 4 is 6.09 Å². The molecule has 23 heavy (non-hydrogen) atoms. The van der Waals surface area contributed by atoms with Gasteiger partial charge in [-0.2, -0.15) is 5.10 Å². The summed E-state index contributed by atoms with van der Waals surface area (Å²) in [5.74, 6) is 0.519. The number of ether oxygens (including phenoxy) is 1. The van der Waals surface area contributed by atoms with Crippen LogP contribution in [0.5, 0.6) is 0 Å². The number of aryl methyl sites for hydroxylation is 2. The number of amides is 1. The quantitative estimate of drug-likeness (QED) is 0.798. The van der Waals surface area contributed by atoms with Crippen molar-refractivity contribution in [3.63, 3.8) is 0 Å². The fourth-order valence-electron chi connectivity index (χ4n) is 3.99. The lowest BCUT2D eigenvalue weighted by Crippen LogP contribution is -2.50. The molecule has 1 aromatic rings. The molecule has 0 N–H and O–H groups in total. The van der Waals surface area contributed by atoms with E-state index >= 15 is 0 Å². The molecule has 5 heteroatoms. The molecule has 1 fully saturated rings. The third kappa shape index (κ3) is 3.54. The van der Waals surface area contributed by atoms with E-state index < -0.39 is 5.60 Å². The van der Waals surface area contributed by atoms with Crippen molar-refractivity contribution < 1.29 is 9.53 Å². The maximum absolute atomic E-state index is 12.6. The Morgan fingerprint density at radius 3 is 2.83 bits per heavy atom. The number of piperidine rings is 1. The minimum atomic E-state index is -0.430. The number of likely N-dealkylation sites (tertiary alicyclic amines) is 1. The molecule has 1 saturated heterocycles. The van der Waals surface area contributed by atoms with E-state index in [2.05, 4.69) is 5.10 Å². The Labute approximate surface area is 139 Å². The van der Waals surface area contributed by atoms with E-state index in [0.717, 1.165) is 38.6 Å². The molecule has 1 aromatic heterocycles. The number of carbonyl (C=O) groups is 1. The Kier molecular flexibility index (Phi) is 4.39. The molecule has 0 radical (unpaired) electrons. The lowest BCUT2D eigenvalue weighted by molar-refractivity contribution is 0.000170. The monoisotopic (exact) mass is 319 g/mol. The first-order valence-corrected chi connectivity index (χ1v) is 8.84. The van der Waals surface area contributed by atoms with E-state index in [9.17, 15) is 4.79 Å². The van der Waals surface area contributed by atoms with Crippen LogP contribution >= 0.6 is 0 Å². The molecule has 0 saturated carbocycles. The van der Waals surface area contributed by atoms with Crippen LogP contribution in [0.2, 0.25) is 0 Å². The maximum atomic E-state index is 12.6. The summed E-state index contributed by atoms with van der Waals surface area (Å²) in [6.45, 7) is 6.64. The topological polar surface area (TPSA) is 47.4 Å². The van der Waals surface area contributed by atoms with Gasteiger partial charge in [0.15, 0.2) is 0 Å². The van der Waals surface area contributed by atoms with Crippen molar-refractivity contribution in [1.82, 2.24) is 14.7 Å². The fraction of sp³-hybridized carbons (Fsp3) is 0.778. The average molecular weight is 319 g/mol. The zero-order valence-corrected chi connectivity index (χ0v) is 14.8. The first-order valence-electron chi connectivity index (χ1n) is 8.84. The van der Waals surface area contributed by atoms with Crippen LogP contribution in [0.15, 0.2) is 6.20 Å². The number of aromatic nitrogens is 2. The second kappa shape index (κ2) is 6.17. The first-order chi connectivity index (χ1) is 10.8. The Hall–Kier alpha value is -1.52. The van der Waals surface area contributed by atoms with Gasteiger partial charge in [-0.3, -0.25) is 4.68 Å². The maximum Gasteiger partial charge on any atom is 0.410 e. The summed E-state index contributed by atoms with van der Waals surface area (Å²) in [6, 6.07) is 0.307. The van der Waals surface area contributed by atoms with Crippen LogP contribution in [0, 0.1) is 5.92 Å². The highest BCUT2D eigenvalue weighted by Gasteiger charge is 2.37. The Balaban J connectivity index is 1.74. The second-order valence-electron chi connectivity index (χ2n) is 7.98. The minimum Gasteiger partial charge on any atom is -0.444 e. The average Bonchev–Trinajstić information content (AvgIpc) is 2.86. The predicted molar refractivity (Wildman–Crippen MR) is 89.3 cm³/mol. The van der Waals surface area contributed by atoms with Crippen molar-refractivity contribution in [2.24, 2.45) is 13.0 Å². The Bertz CT molecular complexity index is 573. The molecule has 0 aromatic carbocycles. The van der Waals surface area contributed by atoms with E-state index in [1.54, 1.807) is 0 Å². The summed E-state index contributed by atoms with van der Waals surface area (Å²) in [7, 11) is 2.02. The molecule has 2 atom stereocenters. The molecule has 128 valence electrons. The van der Waals surface area contributed by atoms with Crippen LogP contribution in [-0.4, -0.2) is 39.0 Å².